The number of carbonyl (C=O) groups excluding carboxylic acids is 1. The first kappa shape index (κ1) is 14.3. The molecule has 0 aliphatic rings. The number of aliphatic hydroxyl groups excluding tert-OH is 1. The van der Waals surface area contributed by atoms with E-state index in [0.717, 1.165) is 5.56 Å². The normalized spacial score (nSPS) is 12.2. The molecule has 1 unspecified atom stereocenters. The molecule has 5 heteroatoms. The molecule has 17 heavy (non-hydrogen) atoms. The fraction of sp³-hybridized carbons (Fsp3) is 0.417. The number of hydrogen-bond acceptors (Lipinski definition) is 2. The number of halogens is 2. The molecule has 0 aromatic heterocycles. The van der Waals surface area contributed by atoms with Crippen LogP contribution >= 0.6 is 23.2 Å². The summed E-state index contributed by atoms with van der Waals surface area (Å²) in [7, 11) is 0. The summed E-state index contributed by atoms with van der Waals surface area (Å²) in [5.41, 5.74) is 0.841. The van der Waals surface area contributed by atoms with Gasteiger partial charge in [0.1, 0.15) is 5.88 Å². The molecule has 0 saturated carbocycles. The van der Waals surface area contributed by atoms with E-state index in [0.29, 0.717) is 11.6 Å². The van der Waals surface area contributed by atoms with E-state index in [-0.39, 0.29) is 24.4 Å². The Hall–Kier alpha value is -0.770. The van der Waals surface area contributed by atoms with Crippen LogP contribution in [0, 0.1) is 0 Å². The minimum atomic E-state index is -0.280. The van der Waals surface area contributed by atoms with Crippen molar-refractivity contribution in [3.8, 4) is 0 Å². The quantitative estimate of drug-likeness (QED) is 0.838. The van der Waals surface area contributed by atoms with Crippen molar-refractivity contribution in [3.05, 3.63) is 34.9 Å². The highest BCUT2D eigenvalue weighted by molar-refractivity contribution is 6.31. The SMILES string of the molecule is CC(CO)N(Cc1ccccc1Cl)C(=O)CCl. The molecule has 0 aliphatic carbocycles. The van der Waals surface area contributed by atoms with Crippen molar-refractivity contribution >= 4 is 29.1 Å². The molecule has 1 amide bonds. The maximum absolute atomic E-state index is 11.7. The third kappa shape index (κ3) is 3.87. The maximum Gasteiger partial charge on any atom is 0.238 e. The van der Waals surface area contributed by atoms with E-state index >= 15 is 0 Å². The van der Waals surface area contributed by atoms with E-state index in [1.54, 1.807) is 13.0 Å². The van der Waals surface area contributed by atoms with Crippen LogP contribution in [-0.4, -0.2) is 34.4 Å². The van der Waals surface area contributed by atoms with Gasteiger partial charge in [0.15, 0.2) is 0 Å². The Balaban J connectivity index is 2.87. The number of aliphatic hydroxyl groups is 1. The Labute approximate surface area is 111 Å². The Morgan fingerprint density at radius 3 is 2.65 bits per heavy atom. The van der Waals surface area contributed by atoms with Crippen LogP contribution in [0.1, 0.15) is 12.5 Å². The summed E-state index contributed by atoms with van der Waals surface area (Å²) in [6.45, 7) is 2.02. The lowest BCUT2D eigenvalue weighted by Crippen LogP contribution is -2.40. The number of hydrogen-bond donors (Lipinski definition) is 1. The summed E-state index contributed by atoms with van der Waals surface area (Å²) in [6, 6.07) is 7.02. The van der Waals surface area contributed by atoms with Crippen LogP contribution in [-0.2, 0) is 11.3 Å². The van der Waals surface area contributed by atoms with Crippen LogP contribution in [0.15, 0.2) is 24.3 Å². The molecule has 0 bridgehead atoms. The van der Waals surface area contributed by atoms with Crippen molar-refractivity contribution in [3.63, 3.8) is 0 Å². The second kappa shape index (κ2) is 6.84. The van der Waals surface area contributed by atoms with Crippen molar-refractivity contribution in [2.45, 2.75) is 19.5 Å². The first-order chi connectivity index (χ1) is 8.10. The van der Waals surface area contributed by atoms with E-state index in [4.69, 9.17) is 28.3 Å². The second-order valence-corrected chi connectivity index (χ2v) is 4.45. The largest absolute Gasteiger partial charge is 0.394 e. The van der Waals surface area contributed by atoms with Gasteiger partial charge in [0, 0.05) is 11.6 Å². The summed E-state index contributed by atoms with van der Waals surface area (Å²) in [4.78, 5) is 13.2. The highest BCUT2D eigenvalue weighted by atomic mass is 35.5. The van der Waals surface area contributed by atoms with Gasteiger partial charge in [0.2, 0.25) is 5.91 Å². The monoisotopic (exact) mass is 275 g/mol. The van der Waals surface area contributed by atoms with Gasteiger partial charge in [-0.2, -0.15) is 0 Å². The number of alkyl halides is 1. The average molecular weight is 276 g/mol. The van der Waals surface area contributed by atoms with E-state index in [1.165, 1.54) is 4.90 Å². The van der Waals surface area contributed by atoms with Crippen molar-refractivity contribution in [2.24, 2.45) is 0 Å². The standard InChI is InChI=1S/C12H15Cl2NO2/c1-9(8-16)15(12(17)6-13)7-10-4-2-3-5-11(10)14/h2-5,9,16H,6-8H2,1H3. The molecule has 1 rings (SSSR count). The fourth-order valence-electron chi connectivity index (χ4n) is 1.48. The van der Waals surface area contributed by atoms with E-state index < -0.39 is 0 Å². The Kier molecular flexibility index (Phi) is 5.75. The van der Waals surface area contributed by atoms with E-state index in [2.05, 4.69) is 0 Å². The Morgan fingerprint density at radius 1 is 1.47 bits per heavy atom. The predicted molar refractivity (Wildman–Crippen MR) is 69.3 cm³/mol. The topological polar surface area (TPSA) is 40.5 Å². The summed E-state index contributed by atoms with van der Waals surface area (Å²) < 4.78 is 0. The van der Waals surface area contributed by atoms with Crippen LogP contribution in [0.25, 0.3) is 0 Å². The van der Waals surface area contributed by atoms with Crippen LogP contribution < -0.4 is 0 Å². The minimum Gasteiger partial charge on any atom is -0.394 e. The zero-order chi connectivity index (χ0) is 12.8. The zero-order valence-corrected chi connectivity index (χ0v) is 11.1. The van der Waals surface area contributed by atoms with Gasteiger partial charge in [-0.15, -0.1) is 11.6 Å². The lowest BCUT2D eigenvalue weighted by atomic mass is 10.2. The molecule has 0 saturated heterocycles. The molecule has 1 atom stereocenters. The van der Waals surface area contributed by atoms with Gasteiger partial charge in [0.25, 0.3) is 0 Å². The van der Waals surface area contributed by atoms with Gasteiger partial charge in [-0.05, 0) is 18.6 Å². The van der Waals surface area contributed by atoms with Gasteiger partial charge in [0.05, 0.1) is 12.6 Å². The third-order valence-electron chi connectivity index (χ3n) is 2.53. The summed E-state index contributed by atoms with van der Waals surface area (Å²) in [6.07, 6.45) is 0. The Morgan fingerprint density at radius 2 is 2.12 bits per heavy atom. The lowest BCUT2D eigenvalue weighted by Gasteiger charge is -2.27. The molecule has 94 valence electrons. The number of amides is 1. The van der Waals surface area contributed by atoms with E-state index in [9.17, 15) is 4.79 Å². The van der Waals surface area contributed by atoms with Crippen molar-refractivity contribution in [2.75, 3.05) is 12.5 Å². The fourth-order valence-corrected chi connectivity index (χ4v) is 1.82. The molecular formula is C12H15Cl2NO2. The van der Waals surface area contributed by atoms with Crippen LogP contribution in [0.5, 0.6) is 0 Å². The molecule has 0 heterocycles. The molecule has 3 nitrogen and oxygen atoms in total. The van der Waals surface area contributed by atoms with Crippen LogP contribution in [0.4, 0.5) is 0 Å². The van der Waals surface area contributed by atoms with Crippen molar-refractivity contribution in [1.29, 1.82) is 0 Å². The summed E-state index contributed by atoms with van der Waals surface area (Å²) >= 11 is 11.6. The number of benzene rings is 1. The summed E-state index contributed by atoms with van der Waals surface area (Å²) in [5.74, 6) is -0.317. The van der Waals surface area contributed by atoms with Crippen LogP contribution in [0.3, 0.4) is 0 Å². The molecule has 1 aromatic rings. The first-order valence-corrected chi connectivity index (χ1v) is 6.21. The highest BCUT2D eigenvalue weighted by Crippen LogP contribution is 2.18. The van der Waals surface area contributed by atoms with Gasteiger partial charge in [-0.25, -0.2) is 0 Å². The van der Waals surface area contributed by atoms with Crippen molar-refractivity contribution < 1.29 is 9.90 Å². The molecule has 1 N–H and O–H groups in total. The predicted octanol–water partition coefficient (Wildman–Crippen LogP) is 2.29. The maximum atomic E-state index is 11.7. The average Bonchev–Trinajstić information content (AvgIpc) is 2.36. The molecule has 0 spiro atoms. The molecule has 0 aliphatic heterocycles. The van der Waals surface area contributed by atoms with Gasteiger partial charge in [-0.3, -0.25) is 4.79 Å². The highest BCUT2D eigenvalue weighted by Gasteiger charge is 2.19. The van der Waals surface area contributed by atoms with Gasteiger partial charge in [-0.1, -0.05) is 29.8 Å². The third-order valence-corrected chi connectivity index (χ3v) is 3.13. The second-order valence-electron chi connectivity index (χ2n) is 3.78. The zero-order valence-electron chi connectivity index (χ0n) is 9.57. The number of carbonyl (C=O) groups is 1. The van der Waals surface area contributed by atoms with Crippen molar-refractivity contribution in [1.82, 2.24) is 4.90 Å². The minimum absolute atomic E-state index is 0.102. The molecule has 0 fully saturated rings. The van der Waals surface area contributed by atoms with Gasteiger partial charge < -0.3 is 10.0 Å². The smallest absolute Gasteiger partial charge is 0.238 e. The summed E-state index contributed by atoms with van der Waals surface area (Å²) in [5, 5.41) is 9.73. The molecule has 1 aromatic carbocycles. The van der Waals surface area contributed by atoms with E-state index in [1.807, 2.05) is 18.2 Å². The Bertz CT molecular complexity index is 385. The number of nitrogens with zero attached hydrogens (tertiary/aromatic N) is 1. The number of rotatable bonds is 5. The van der Waals surface area contributed by atoms with Crippen LogP contribution in [0.2, 0.25) is 5.02 Å². The molecule has 0 radical (unpaired) electrons. The molecular weight excluding hydrogens is 261 g/mol. The van der Waals surface area contributed by atoms with Gasteiger partial charge >= 0.3 is 0 Å². The first-order valence-electron chi connectivity index (χ1n) is 5.29. The lowest BCUT2D eigenvalue weighted by molar-refractivity contribution is -0.132.